The number of morpholine rings is 1. The van der Waals surface area contributed by atoms with Gasteiger partial charge in [-0.1, -0.05) is 19.1 Å². The predicted molar refractivity (Wildman–Crippen MR) is 112 cm³/mol. The number of ether oxygens (including phenoxy) is 2. The van der Waals surface area contributed by atoms with Gasteiger partial charge < -0.3 is 18.8 Å². The highest BCUT2D eigenvalue weighted by molar-refractivity contribution is 5.97. The molecule has 29 heavy (non-hydrogen) atoms. The fourth-order valence-electron chi connectivity index (χ4n) is 3.70. The normalized spacial score (nSPS) is 18.4. The summed E-state index contributed by atoms with van der Waals surface area (Å²) in [7, 11) is 1.60. The van der Waals surface area contributed by atoms with Crippen molar-refractivity contribution in [2.24, 2.45) is 0 Å². The van der Waals surface area contributed by atoms with E-state index in [-0.39, 0.29) is 18.1 Å². The zero-order valence-electron chi connectivity index (χ0n) is 17.9. The summed E-state index contributed by atoms with van der Waals surface area (Å²) in [6, 6.07) is 11.5. The molecule has 3 rings (SSSR count). The number of hydrogen-bond donors (Lipinski definition) is 0. The Labute approximate surface area is 173 Å². The van der Waals surface area contributed by atoms with Crippen molar-refractivity contribution in [1.29, 1.82) is 0 Å². The summed E-state index contributed by atoms with van der Waals surface area (Å²) in [6.45, 7) is 9.74. The van der Waals surface area contributed by atoms with Crippen LogP contribution in [0.2, 0.25) is 0 Å². The molecule has 6 nitrogen and oxygen atoms in total. The molecule has 2 atom stereocenters. The molecule has 0 spiro atoms. The molecule has 0 N–H and O–H groups in total. The molecule has 158 valence electrons. The minimum atomic E-state index is -0.0348. The summed E-state index contributed by atoms with van der Waals surface area (Å²) in [4.78, 5) is 17.6. The van der Waals surface area contributed by atoms with Crippen molar-refractivity contribution < 1.29 is 18.7 Å². The molecule has 1 aliphatic rings. The Morgan fingerprint density at radius 1 is 1.31 bits per heavy atom. The molecule has 1 aromatic heterocycles. The first-order chi connectivity index (χ1) is 14.0. The van der Waals surface area contributed by atoms with E-state index in [1.165, 1.54) is 0 Å². The number of furan rings is 1. The minimum Gasteiger partial charge on any atom is -0.496 e. The van der Waals surface area contributed by atoms with Gasteiger partial charge in [0.15, 0.2) is 0 Å². The van der Waals surface area contributed by atoms with Crippen LogP contribution in [0.5, 0.6) is 5.75 Å². The molecular formula is C23H32N2O4. The average Bonchev–Trinajstić information content (AvgIpc) is 3.15. The van der Waals surface area contributed by atoms with Crippen molar-refractivity contribution in [2.45, 2.75) is 45.9 Å². The van der Waals surface area contributed by atoms with Crippen molar-refractivity contribution in [3.05, 3.63) is 53.5 Å². The van der Waals surface area contributed by atoms with E-state index in [0.29, 0.717) is 24.5 Å². The van der Waals surface area contributed by atoms with Gasteiger partial charge in [0.2, 0.25) is 0 Å². The van der Waals surface area contributed by atoms with E-state index in [1.807, 2.05) is 48.2 Å². The average molecular weight is 401 g/mol. The molecule has 0 radical (unpaired) electrons. The molecule has 0 bridgehead atoms. The Balaban J connectivity index is 1.70. The molecule has 1 amide bonds. The maximum absolute atomic E-state index is 13.3. The zero-order valence-corrected chi connectivity index (χ0v) is 17.9. The Kier molecular flexibility index (Phi) is 7.34. The van der Waals surface area contributed by atoms with Crippen LogP contribution >= 0.6 is 0 Å². The molecule has 1 aliphatic heterocycles. The van der Waals surface area contributed by atoms with Crippen molar-refractivity contribution in [3.8, 4) is 5.75 Å². The van der Waals surface area contributed by atoms with Crippen LogP contribution in [0.25, 0.3) is 0 Å². The van der Waals surface area contributed by atoms with Gasteiger partial charge in [0.05, 0.1) is 31.9 Å². The number of methoxy groups -OCH3 is 1. The molecule has 0 aliphatic carbocycles. The van der Waals surface area contributed by atoms with E-state index in [9.17, 15) is 4.79 Å². The number of carbonyl (C=O) groups excluding carboxylic acids is 1. The summed E-state index contributed by atoms with van der Waals surface area (Å²) < 4.78 is 17.1. The summed E-state index contributed by atoms with van der Waals surface area (Å²) in [5.41, 5.74) is 0.592. The van der Waals surface area contributed by atoms with Crippen LogP contribution in [-0.4, -0.2) is 61.2 Å². The van der Waals surface area contributed by atoms with Crippen LogP contribution in [0.1, 0.15) is 42.1 Å². The molecule has 1 fully saturated rings. The highest BCUT2D eigenvalue weighted by Gasteiger charge is 2.29. The second-order valence-electron chi connectivity index (χ2n) is 7.66. The third-order valence-electron chi connectivity index (χ3n) is 5.52. The van der Waals surface area contributed by atoms with Crippen LogP contribution in [0, 0.1) is 6.92 Å². The molecule has 0 saturated carbocycles. The lowest BCUT2D eigenvalue weighted by Crippen LogP contribution is -2.50. The van der Waals surface area contributed by atoms with Gasteiger partial charge in [0, 0.05) is 25.7 Å². The number of benzene rings is 1. The summed E-state index contributed by atoms with van der Waals surface area (Å²) in [5.74, 6) is 2.48. The molecule has 6 heteroatoms. The summed E-state index contributed by atoms with van der Waals surface area (Å²) >= 11 is 0. The monoisotopic (exact) mass is 400 g/mol. The third kappa shape index (κ3) is 5.40. The first kappa shape index (κ1) is 21.4. The number of hydrogen-bond acceptors (Lipinski definition) is 5. The summed E-state index contributed by atoms with van der Waals surface area (Å²) in [6.07, 6.45) is 0.843. The Hall–Kier alpha value is -2.31. The fraction of sp³-hybridized carbons (Fsp3) is 0.522. The number of rotatable bonds is 8. The molecular weight excluding hydrogens is 368 g/mol. The van der Waals surface area contributed by atoms with Gasteiger partial charge >= 0.3 is 0 Å². The second kappa shape index (κ2) is 9.94. The quantitative estimate of drug-likeness (QED) is 0.676. The zero-order chi connectivity index (χ0) is 20.8. The van der Waals surface area contributed by atoms with Gasteiger partial charge in [0.1, 0.15) is 17.3 Å². The Morgan fingerprint density at radius 3 is 2.79 bits per heavy atom. The van der Waals surface area contributed by atoms with Gasteiger partial charge in [-0.05, 0) is 44.5 Å². The van der Waals surface area contributed by atoms with Crippen LogP contribution < -0.4 is 4.74 Å². The van der Waals surface area contributed by atoms with E-state index in [4.69, 9.17) is 13.9 Å². The first-order valence-electron chi connectivity index (χ1n) is 10.3. The predicted octanol–water partition coefficient (Wildman–Crippen LogP) is 3.74. The molecule has 2 heterocycles. The van der Waals surface area contributed by atoms with Gasteiger partial charge in [-0.15, -0.1) is 0 Å². The Bertz CT molecular complexity index is 804. The van der Waals surface area contributed by atoms with Gasteiger partial charge in [-0.25, -0.2) is 0 Å². The van der Waals surface area contributed by atoms with Crippen LogP contribution in [-0.2, 0) is 11.3 Å². The second-order valence-corrected chi connectivity index (χ2v) is 7.66. The van der Waals surface area contributed by atoms with Crippen molar-refractivity contribution in [2.75, 3.05) is 33.4 Å². The number of para-hydroxylation sites is 1. The van der Waals surface area contributed by atoms with Gasteiger partial charge in [-0.2, -0.15) is 0 Å². The van der Waals surface area contributed by atoms with Crippen LogP contribution in [0.15, 0.2) is 40.8 Å². The minimum absolute atomic E-state index is 0.0146. The van der Waals surface area contributed by atoms with E-state index < -0.39 is 0 Å². The first-order valence-corrected chi connectivity index (χ1v) is 10.3. The topological polar surface area (TPSA) is 55.2 Å². The standard InChI is InChI=1S/C23H32N2O4/c1-5-17(2)25(23(26)21-8-6-7-9-22(21)27-4)16-20-15-24(12-13-28-20)14-19-11-10-18(3)29-19/h6-11,17,20H,5,12-16H2,1-4H3. The van der Waals surface area contributed by atoms with E-state index in [2.05, 4.69) is 18.7 Å². The van der Waals surface area contributed by atoms with Gasteiger partial charge in [-0.3, -0.25) is 9.69 Å². The number of nitrogens with zero attached hydrogens (tertiary/aromatic N) is 2. The highest BCUT2D eigenvalue weighted by atomic mass is 16.5. The fourth-order valence-corrected chi connectivity index (χ4v) is 3.70. The smallest absolute Gasteiger partial charge is 0.257 e. The molecule has 1 saturated heterocycles. The number of amides is 1. The largest absolute Gasteiger partial charge is 0.496 e. The lowest BCUT2D eigenvalue weighted by molar-refractivity contribution is -0.0480. The SMILES string of the molecule is CCC(C)N(CC1CN(Cc2ccc(C)o2)CCO1)C(=O)c1ccccc1OC. The van der Waals surface area contributed by atoms with Crippen LogP contribution in [0.4, 0.5) is 0 Å². The van der Waals surface area contributed by atoms with Crippen LogP contribution in [0.3, 0.4) is 0 Å². The molecule has 1 aromatic carbocycles. The van der Waals surface area contributed by atoms with E-state index >= 15 is 0 Å². The van der Waals surface area contributed by atoms with E-state index in [0.717, 1.165) is 37.6 Å². The third-order valence-corrected chi connectivity index (χ3v) is 5.52. The maximum atomic E-state index is 13.3. The van der Waals surface area contributed by atoms with Crippen molar-refractivity contribution in [1.82, 2.24) is 9.80 Å². The van der Waals surface area contributed by atoms with Gasteiger partial charge in [0.25, 0.3) is 5.91 Å². The molecule has 2 unspecified atom stereocenters. The molecule has 2 aromatic rings. The van der Waals surface area contributed by atoms with Crippen molar-refractivity contribution >= 4 is 5.91 Å². The van der Waals surface area contributed by atoms with Crippen molar-refractivity contribution in [3.63, 3.8) is 0 Å². The Morgan fingerprint density at radius 2 is 2.10 bits per heavy atom. The summed E-state index contributed by atoms with van der Waals surface area (Å²) in [5, 5.41) is 0. The lowest BCUT2D eigenvalue weighted by atomic mass is 10.1. The van der Waals surface area contributed by atoms with E-state index in [1.54, 1.807) is 7.11 Å². The number of carbonyl (C=O) groups is 1. The maximum Gasteiger partial charge on any atom is 0.257 e. The lowest BCUT2D eigenvalue weighted by Gasteiger charge is -2.37. The highest BCUT2D eigenvalue weighted by Crippen LogP contribution is 2.22. The number of aryl methyl sites for hydroxylation is 1.